The normalized spacial score (nSPS) is 13.9. The van der Waals surface area contributed by atoms with Crippen molar-refractivity contribution in [2.45, 2.75) is 12.8 Å². The summed E-state index contributed by atoms with van der Waals surface area (Å²) < 4.78 is 7.39. The van der Waals surface area contributed by atoms with Crippen molar-refractivity contribution in [1.29, 1.82) is 0 Å². The number of benzene rings is 6. The number of allylic oxidation sites excluding steroid dienone is 4. The van der Waals surface area contributed by atoms with Gasteiger partial charge in [0.1, 0.15) is 0 Å². The van der Waals surface area contributed by atoms with Crippen molar-refractivity contribution in [2.75, 3.05) is 0 Å². The van der Waals surface area contributed by atoms with E-state index in [4.69, 9.17) is 0 Å². The second-order valence-corrected chi connectivity index (χ2v) is 12.1. The number of hydrogen-bond donors (Lipinski definition) is 0. The molecule has 0 bridgehead atoms. The lowest BCUT2D eigenvalue weighted by molar-refractivity contribution is 0.945. The first kappa shape index (κ1) is 24.6. The Kier molecular flexibility index (Phi) is 5.11. The van der Waals surface area contributed by atoms with Crippen molar-refractivity contribution in [1.82, 2.24) is 13.7 Å². The summed E-state index contributed by atoms with van der Waals surface area (Å²) in [6, 6.07) is 50.8. The zero-order valence-corrected chi connectivity index (χ0v) is 24.7. The van der Waals surface area contributed by atoms with Crippen molar-refractivity contribution < 1.29 is 0 Å². The molecule has 0 saturated heterocycles. The highest BCUT2D eigenvalue weighted by molar-refractivity contribution is 6.19. The minimum atomic E-state index is 0.958. The Morgan fingerprint density at radius 1 is 0.311 bits per heavy atom. The lowest BCUT2D eigenvalue weighted by Gasteiger charge is -2.20. The van der Waals surface area contributed by atoms with Crippen molar-refractivity contribution >= 4 is 76.8 Å². The number of nitrogens with zero attached hydrogens (tertiary/aromatic N) is 3. The van der Waals surface area contributed by atoms with Gasteiger partial charge >= 0.3 is 0 Å². The maximum Gasteiger partial charge on any atom is 0.0562 e. The predicted molar refractivity (Wildman–Crippen MR) is 191 cm³/mol. The molecule has 0 spiro atoms. The van der Waals surface area contributed by atoms with Gasteiger partial charge in [-0.25, -0.2) is 0 Å². The summed E-state index contributed by atoms with van der Waals surface area (Å²) in [5.74, 6) is 0. The van der Waals surface area contributed by atoms with Crippen molar-refractivity contribution in [2.24, 2.45) is 0 Å². The Bertz CT molecular complexity index is 2640. The number of fused-ring (bicyclic) bond motifs is 9. The molecule has 0 unspecified atom stereocenters. The molecule has 0 atom stereocenters. The first-order valence-electron chi connectivity index (χ1n) is 15.8. The summed E-state index contributed by atoms with van der Waals surface area (Å²) in [4.78, 5) is 0. The molecule has 0 radical (unpaired) electrons. The number of aromatic nitrogens is 3. The fourth-order valence-corrected chi connectivity index (χ4v) is 7.82. The average Bonchev–Trinajstić information content (AvgIpc) is 3.73. The molecule has 3 nitrogen and oxygen atoms in total. The van der Waals surface area contributed by atoms with E-state index in [1.54, 1.807) is 0 Å². The van der Waals surface area contributed by atoms with Crippen molar-refractivity contribution in [3.63, 3.8) is 0 Å². The Morgan fingerprint density at radius 3 is 1.18 bits per heavy atom. The zero-order chi connectivity index (χ0) is 29.5. The van der Waals surface area contributed by atoms with Gasteiger partial charge in [0.25, 0.3) is 0 Å². The van der Waals surface area contributed by atoms with E-state index in [0.717, 1.165) is 12.8 Å². The highest BCUT2D eigenvalue weighted by Gasteiger charge is 2.21. The van der Waals surface area contributed by atoms with E-state index in [2.05, 4.69) is 165 Å². The Morgan fingerprint density at radius 2 is 0.689 bits per heavy atom. The molecule has 0 amide bonds. The van der Waals surface area contributed by atoms with E-state index in [1.165, 1.54) is 82.5 Å². The quantitative estimate of drug-likeness (QED) is 0.199. The van der Waals surface area contributed by atoms with Crippen LogP contribution < -0.4 is 0 Å². The Balaban J connectivity index is 1.23. The lowest BCUT2D eigenvalue weighted by atomic mass is 10.1. The molecule has 0 fully saturated rings. The van der Waals surface area contributed by atoms with Gasteiger partial charge in [-0.2, -0.15) is 0 Å². The lowest BCUT2D eigenvalue weighted by Crippen LogP contribution is -2.05. The van der Waals surface area contributed by atoms with Gasteiger partial charge in [-0.1, -0.05) is 91.0 Å². The van der Waals surface area contributed by atoms with Crippen LogP contribution in [0.3, 0.4) is 0 Å². The van der Waals surface area contributed by atoms with E-state index >= 15 is 0 Å². The largest absolute Gasteiger partial charge is 0.313 e. The predicted octanol–water partition coefficient (Wildman–Crippen LogP) is 11.2. The van der Waals surface area contributed by atoms with E-state index < -0.39 is 0 Å². The highest BCUT2D eigenvalue weighted by atomic mass is 15.0. The van der Waals surface area contributed by atoms with Crippen LogP contribution >= 0.6 is 0 Å². The maximum atomic E-state index is 2.51. The number of para-hydroxylation sites is 5. The van der Waals surface area contributed by atoms with Crippen LogP contribution in [0, 0.1) is 0 Å². The van der Waals surface area contributed by atoms with Gasteiger partial charge in [-0.05, 0) is 73.5 Å². The molecule has 6 aromatic carbocycles. The summed E-state index contributed by atoms with van der Waals surface area (Å²) >= 11 is 0. The monoisotopic (exact) mass is 575 g/mol. The maximum absolute atomic E-state index is 2.51. The fraction of sp³-hybridized carbons (Fsp3) is 0.0476. The summed E-state index contributed by atoms with van der Waals surface area (Å²) in [6.45, 7) is 0. The Labute approximate surface area is 260 Å². The van der Waals surface area contributed by atoms with E-state index in [1.807, 2.05) is 0 Å². The molecular formula is C42H29N3. The molecule has 212 valence electrons. The van der Waals surface area contributed by atoms with E-state index in [0.29, 0.717) is 0 Å². The molecule has 9 aromatic rings. The second-order valence-electron chi connectivity index (χ2n) is 12.1. The first-order valence-corrected chi connectivity index (χ1v) is 15.8. The van der Waals surface area contributed by atoms with Gasteiger partial charge < -0.3 is 13.7 Å². The molecule has 3 aromatic heterocycles. The van der Waals surface area contributed by atoms with Crippen molar-refractivity contribution in [3.8, 4) is 5.69 Å². The molecule has 10 rings (SSSR count). The summed E-state index contributed by atoms with van der Waals surface area (Å²) in [5.41, 5.74) is 11.4. The number of hydrogen-bond acceptors (Lipinski definition) is 0. The van der Waals surface area contributed by atoms with E-state index in [9.17, 15) is 0 Å². The molecule has 0 N–H and O–H groups in total. The van der Waals surface area contributed by atoms with Crippen LogP contribution in [-0.4, -0.2) is 13.7 Å². The minimum Gasteiger partial charge on any atom is -0.313 e. The molecule has 0 saturated carbocycles. The summed E-state index contributed by atoms with van der Waals surface area (Å²) in [7, 11) is 0. The topological polar surface area (TPSA) is 14.8 Å². The fourth-order valence-electron chi connectivity index (χ4n) is 7.82. The van der Waals surface area contributed by atoms with Crippen LogP contribution in [0.15, 0.2) is 152 Å². The van der Waals surface area contributed by atoms with Crippen LogP contribution in [0.1, 0.15) is 12.8 Å². The smallest absolute Gasteiger partial charge is 0.0562 e. The van der Waals surface area contributed by atoms with Crippen LogP contribution in [0.5, 0.6) is 0 Å². The highest BCUT2D eigenvalue weighted by Crippen LogP contribution is 2.41. The molecule has 1 aliphatic rings. The number of rotatable bonds is 3. The van der Waals surface area contributed by atoms with Crippen LogP contribution in [0.4, 0.5) is 0 Å². The minimum absolute atomic E-state index is 0.958. The zero-order valence-electron chi connectivity index (χ0n) is 24.7. The molecule has 1 aliphatic carbocycles. The third kappa shape index (κ3) is 3.46. The molecule has 3 heterocycles. The van der Waals surface area contributed by atoms with Crippen LogP contribution in [0.2, 0.25) is 0 Å². The van der Waals surface area contributed by atoms with Gasteiger partial charge in [-0.15, -0.1) is 0 Å². The SMILES string of the molecule is C1=C(n2c3ccccc3c3ccccc32)CCC(n2c3ccccc3c3cc4c5ccccc5n(-c5ccccc5)c4cc32)=C1. The average molecular weight is 576 g/mol. The van der Waals surface area contributed by atoms with Crippen LogP contribution in [0.25, 0.3) is 82.5 Å². The molecule has 3 heteroatoms. The van der Waals surface area contributed by atoms with Gasteiger partial charge in [0, 0.05) is 49.4 Å². The van der Waals surface area contributed by atoms with Gasteiger partial charge in [0.05, 0.1) is 33.1 Å². The Hall–Kier alpha value is -5.80. The molecule has 0 aliphatic heterocycles. The first-order chi connectivity index (χ1) is 22.3. The second kappa shape index (κ2) is 9.35. The van der Waals surface area contributed by atoms with E-state index in [-0.39, 0.29) is 0 Å². The molecule has 45 heavy (non-hydrogen) atoms. The molecular weight excluding hydrogens is 546 g/mol. The van der Waals surface area contributed by atoms with Gasteiger partial charge in [0.15, 0.2) is 0 Å². The van der Waals surface area contributed by atoms with Crippen molar-refractivity contribution in [3.05, 3.63) is 152 Å². The third-order valence-electron chi connectivity index (χ3n) is 9.74. The third-order valence-corrected chi connectivity index (χ3v) is 9.74. The van der Waals surface area contributed by atoms with Gasteiger partial charge in [-0.3, -0.25) is 0 Å². The van der Waals surface area contributed by atoms with Crippen LogP contribution in [-0.2, 0) is 0 Å². The summed E-state index contributed by atoms with van der Waals surface area (Å²) in [5, 5.41) is 7.78. The van der Waals surface area contributed by atoms with Gasteiger partial charge in [0.2, 0.25) is 0 Å². The summed E-state index contributed by atoms with van der Waals surface area (Å²) in [6.07, 6.45) is 6.62. The standard InChI is InChI=1S/C42H29N3/c1-2-12-28(13-3-1)44-39-20-10-6-16-33(39)35-26-36-34-17-7-11-21-40(34)45(42(36)27-41(35)44)30-24-22-29(23-25-30)43-37-18-8-4-14-31(37)32-15-5-9-19-38(32)43/h1-22,24,26-27H,23,25H2.